The molecule has 1 aliphatic rings. The fraction of sp³-hybridized carbons (Fsp3) is 0.474. The molecule has 1 aromatic heterocycles. The first-order valence-corrected chi connectivity index (χ1v) is 8.73. The van der Waals surface area contributed by atoms with Crippen molar-refractivity contribution >= 4 is 11.8 Å². The van der Waals surface area contributed by atoms with E-state index in [4.69, 9.17) is 14.5 Å². The summed E-state index contributed by atoms with van der Waals surface area (Å²) >= 11 is 0. The molecule has 25 heavy (non-hydrogen) atoms. The van der Waals surface area contributed by atoms with Gasteiger partial charge in [-0.1, -0.05) is 6.92 Å². The van der Waals surface area contributed by atoms with Gasteiger partial charge in [-0.05, 0) is 43.0 Å². The predicted octanol–water partition coefficient (Wildman–Crippen LogP) is 3.19. The molecule has 0 aliphatic carbocycles. The Balaban J connectivity index is 1.86. The second kappa shape index (κ2) is 7.59. The molecule has 0 unspecified atom stereocenters. The average molecular weight is 342 g/mol. The van der Waals surface area contributed by atoms with E-state index >= 15 is 0 Å². The van der Waals surface area contributed by atoms with Gasteiger partial charge in [0.2, 0.25) is 5.95 Å². The number of ether oxygens (including phenoxy) is 2. The minimum Gasteiger partial charge on any atom is -0.493 e. The Morgan fingerprint density at radius 3 is 2.48 bits per heavy atom. The van der Waals surface area contributed by atoms with Crippen molar-refractivity contribution in [3.05, 3.63) is 35.0 Å². The molecule has 0 saturated heterocycles. The minimum atomic E-state index is 0.704. The van der Waals surface area contributed by atoms with Crippen molar-refractivity contribution in [2.24, 2.45) is 0 Å². The second-order valence-corrected chi connectivity index (χ2v) is 6.27. The fourth-order valence-electron chi connectivity index (χ4n) is 3.11. The zero-order valence-electron chi connectivity index (χ0n) is 15.4. The summed E-state index contributed by atoms with van der Waals surface area (Å²) in [5.41, 5.74) is 3.54. The van der Waals surface area contributed by atoms with Crippen LogP contribution in [-0.4, -0.2) is 37.3 Å². The molecule has 2 aromatic rings. The molecule has 0 radical (unpaired) electrons. The van der Waals surface area contributed by atoms with Crippen molar-refractivity contribution in [3.8, 4) is 11.5 Å². The molecule has 1 N–H and O–H groups in total. The van der Waals surface area contributed by atoms with E-state index in [0.29, 0.717) is 5.95 Å². The fourth-order valence-corrected chi connectivity index (χ4v) is 3.11. The SMILES string of the molecule is CCCNc1nc(C)cc(N2CCc3cc(OC)c(OC)cc3C2)n1. The number of aromatic nitrogens is 2. The van der Waals surface area contributed by atoms with Crippen molar-refractivity contribution in [1.29, 1.82) is 0 Å². The highest BCUT2D eigenvalue weighted by atomic mass is 16.5. The number of nitrogens with one attached hydrogen (secondary N) is 1. The van der Waals surface area contributed by atoms with Gasteiger partial charge in [0.15, 0.2) is 11.5 Å². The standard InChI is InChI=1S/C19H26N4O2/c1-5-7-20-19-21-13(2)9-18(22-19)23-8-6-14-10-16(24-3)17(25-4)11-15(14)12-23/h9-11H,5-8,12H2,1-4H3,(H,20,21,22). The van der Waals surface area contributed by atoms with Gasteiger partial charge in [0.25, 0.3) is 0 Å². The first-order chi connectivity index (χ1) is 12.1. The van der Waals surface area contributed by atoms with Crippen LogP contribution in [-0.2, 0) is 13.0 Å². The number of anilines is 2. The van der Waals surface area contributed by atoms with Crippen LogP contribution in [0.3, 0.4) is 0 Å². The molecule has 2 heterocycles. The van der Waals surface area contributed by atoms with Crippen LogP contribution in [0.4, 0.5) is 11.8 Å². The number of fused-ring (bicyclic) bond motifs is 1. The highest BCUT2D eigenvalue weighted by Gasteiger charge is 2.21. The van der Waals surface area contributed by atoms with Crippen LogP contribution in [0.2, 0.25) is 0 Å². The molecule has 0 atom stereocenters. The van der Waals surface area contributed by atoms with Gasteiger partial charge in [0, 0.05) is 31.4 Å². The Hall–Kier alpha value is -2.50. The van der Waals surface area contributed by atoms with E-state index in [1.165, 1.54) is 11.1 Å². The Labute approximate surface area is 149 Å². The van der Waals surface area contributed by atoms with Crippen LogP contribution in [0, 0.1) is 6.92 Å². The zero-order valence-corrected chi connectivity index (χ0v) is 15.4. The van der Waals surface area contributed by atoms with Crippen molar-refractivity contribution in [2.75, 3.05) is 37.5 Å². The van der Waals surface area contributed by atoms with Gasteiger partial charge in [-0.25, -0.2) is 4.98 Å². The first-order valence-electron chi connectivity index (χ1n) is 8.73. The van der Waals surface area contributed by atoms with Crippen molar-refractivity contribution in [2.45, 2.75) is 33.2 Å². The van der Waals surface area contributed by atoms with E-state index in [0.717, 1.165) is 55.5 Å². The molecule has 6 nitrogen and oxygen atoms in total. The normalized spacial score (nSPS) is 13.4. The molecule has 1 aliphatic heterocycles. The third kappa shape index (κ3) is 3.78. The van der Waals surface area contributed by atoms with Crippen LogP contribution in [0.25, 0.3) is 0 Å². The van der Waals surface area contributed by atoms with Gasteiger partial charge < -0.3 is 19.7 Å². The van der Waals surface area contributed by atoms with Gasteiger partial charge in [0.05, 0.1) is 14.2 Å². The highest BCUT2D eigenvalue weighted by Crippen LogP contribution is 2.34. The monoisotopic (exact) mass is 342 g/mol. The summed E-state index contributed by atoms with van der Waals surface area (Å²) in [6.45, 7) is 6.75. The van der Waals surface area contributed by atoms with E-state index in [9.17, 15) is 0 Å². The summed E-state index contributed by atoms with van der Waals surface area (Å²) in [5, 5.41) is 3.28. The van der Waals surface area contributed by atoms with E-state index < -0.39 is 0 Å². The molecule has 6 heteroatoms. The van der Waals surface area contributed by atoms with Gasteiger partial charge in [0.1, 0.15) is 5.82 Å². The number of methoxy groups -OCH3 is 2. The maximum absolute atomic E-state index is 5.45. The highest BCUT2D eigenvalue weighted by molar-refractivity contribution is 5.53. The van der Waals surface area contributed by atoms with Crippen molar-refractivity contribution < 1.29 is 9.47 Å². The molecule has 3 rings (SSSR count). The Kier molecular flexibility index (Phi) is 5.26. The number of nitrogens with zero attached hydrogens (tertiary/aromatic N) is 3. The van der Waals surface area contributed by atoms with E-state index in [-0.39, 0.29) is 0 Å². The lowest BCUT2D eigenvalue weighted by molar-refractivity contribution is 0.353. The third-order valence-electron chi connectivity index (χ3n) is 4.42. The van der Waals surface area contributed by atoms with Crippen LogP contribution in [0.15, 0.2) is 18.2 Å². The lowest BCUT2D eigenvalue weighted by Gasteiger charge is -2.30. The van der Waals surface area contributed by atoms with Crippen molar-refractivity contribution in [3.63, 3.8) is 0 Å². The zero-order chi connectivity index (χ0) is 17.8. The molecule has 0 saturated carbocycles. The number of aryl methyl sites for hydroxylation is 1. The average Bonchev–Trinajstić information content (AvgIpc) is 2.64. The topological polar surface area (TPSA) is 59.5 Å². The molecule has 0 fully saturated rings. The number of hydrogen-bond acceptors (Lipinski definition) is 6. The molecule has 0 amide bonds. The van der Waals surface area contributed by atoms with Crippen LogP contribution < -0.4 is 19.7 Å². The minimum absolute atomic E-state index is 0.704. The van der Waals surface area contributed by atoms with Gasteiger partial charge >= 0.3 is 0 Å². The molecule has 0 spiro atoms. The molecule has 134 valence electrons. The molecular weight excluding hydrogens is 316 g/mol. The summed E-state index contributed by atoms with van der Waals surface area (Å²) in [4.78, 5) is 11.5. The predicted molar refractivity (Wildman–Crippen MR) is 99.8 cm³/mol. The van der Waals surface area contributed by atoms with Crippen LogP contribution >= 0.6 is 0 Å². The third-order valence-corrected chi connectivity index (χ3v) is 4.42. The number of hydrogen-bond donors (Lipinski definition) is 1. The Bertz CT molecular complexity index is 748. The Morgan fingerprint density at radius 1 is 1.08 bits per heavy atom. The lowest BCUT2D eigenvalue weighted by Crippen LogP contribution is -2.31. The van der Waals surface area contributed by atoms with Gasteiger partial charge in [-0.3, -0.25) is 0 Å². The quantitative estimate of drug-likeness (QED) is 0.870. The van der Waals surface area contributed by atoms with Crippen LogP contribution in [0.1, 0.15) is 30.2 Å². The summed E-state index contributed by atoms with van der Waals surface area (Å²) in [6, 6.07) is 6.21. The first kappa shape index (κ1) is 17.3. The van der Waals surface area contributed by atoms with Gasteiger partial charge in [-0.15, -0.1) is 0 Å². The van der Waals surface area contributed by atoms with E-state index in [1.54, 1.807) is 14.2 Å². The van der Waals surface area contributed by atoms with Crippen molar-refractivity contribution in [1.82, 2.24) is 9.97 Å². The summed E-state index contributed by atoms with van der Waals surface area (Å²) in [7, 11) is 3.35. The van der Waals surface area contributed by atoms with Gasteiger partial charge in [-0.2, -0.15) is 4.98 Å². The maximum atomic E-state index is 5.45. The van der Waals surface area contributed by atoms with Crippen LogP contribution in [0.5, 0.6) is 11.5 Å². The smallest absolute Gasteiger partial charge is 0.224 e. The summed E-state index contributed by atoms with van der Waals surface area (Å²) in [5.74, 6) is 3.23. The summed E-state index contributed by atoms with van der Waals surface area (Å²) in [6.07, 6.45) is 2.00. The largest absolute Gasteiger partial charge is 0.493 e. The molecule has 1 aromatic carbocycles. The summed E-state index contributed by atoms with van der Waals surface area (Å²) < 4.78 is 10.9. The maximum Gasteiger partial charge on any atom is 0.224 e. The van der Waals surface area contributed by atoms with E-state index in [1.807, 2.05) is 13.0 Å². The second-order valence-electron chi connectivity index (χ2n) is 6.27. The molecule has 0 bridgehead atoms. The number of rotatable bonds is 6. The Morgan fingerprint density at radius 2 is 1.80 bits per heavy atom. The van der Waals surface area contributed by atoms with E-state index in [2.05, 4.69) is 34.3 Å². The molecular formula is C19H26N4O2. The number of benzene rings is 1. The lowest BCUT2D eigenvalue weighted by atomic mass is 9.99.